The number of rotatable bonds is 3. The van der Waals surface area contributed by atoms with Gasteiger partial charge in [-0.3, -0.25) is 0 Å². The Kier molecular flexibility index (Phi) is 4.03. The van der Waals surface area contributed by atoms with E-state index in [1.165, 1.54) is 31.0 Å². The maximum Gasteiger partial charge on any atom is 0.197 e. The maximum absolute atomic E-state index is 9.82. The van der Waals surface area contributed by atoms with Crippen LogP contribution in [0.15, 0.2) is 28.5 Å². The number of nitrogens with zero attached hydrogens (tertiary/aromatic N) is 4. The Balaban J connectivity index is 1.90. The minimum absolute atomic E-state index is 0.530. The minimum Gasteiger partial charge on any atom is -0.389 e. The topological polar surface area (TPSA) is 63.8 Å². The Labute approximate surface area is 122 Å². The van der Waals surface area contributed by atoms with E-state index in [1.54, 1.807) is 13.1 Å². The first kappa shape index (κ1) is 13.6. The number of aryl methyl sites for hydroxylation is 1. The lowest BCUT2D eigenvalue weighted by Crippen LogP contribution is -2.03. The molecule has 2 aromatic rings. The molecule has 0 fully saturated rings. The first-order valence-electron chi connectivity index (χ1n) is 6.98. The normalized spacial score (nSPS) is 16.5. The molecule has 20 heavy (non-hydrogen) atoms. The monoisotopic (exact) mass is 290 g/mol. The lowest BCUT2D eigenvalue weighted by Gasteiger charge is -2.10. The average Bonchev–Trinajstić information content (AvgIpc) is 2.68. The second-order valence-electron chi connectivity index (χ2n) is 5.04. The second-order valence-corrected chi connectivity index (χ2v) is 5.99. The van der Waals surface area contributed by atoms with E-state index in [2.05, 4.69) is 19.7 Å². The molecule has 2 aromatic heterocycles. The van der Waals surface area contributed by atoms with Crippen LogP contribution in [0.3, 0.4) is 0 Å². The highest BCUT2D eigenvalue weighted by atomic mass is 32.2. The lowest BCUT2D eigenvalue weighted by atomic mass is 10.2. The molecule has 1 aliphatic rings. The number of fused-ring (bicyclic) bond motifs is 1. The molecule has 0 unspecified atom stereocenters. The Morgan fingerprint density at radius 2 is 2.20 bits per heavy atom. The third-order valence-corrected chi connectivity index (χ3v) is 4.53. The highest BCUT2D eigenvalue weighted by Crippen LogP contribution is 2.31. The van der Waals surface area contributed by atoms with Crippen LogP contribution in [0.2, 0.25) is 0 Å². The summed E-state index contributed by atoms with van der Waals surface area (Å²) in [5.41, 5.74) is 0.837. The van der Waals surface area contributed by atoms with Crippen molar-refractivity contribution < 1.29 is 5.11 Å². The van der Waals surface area contributed by atoms with Gasteiger partial charge < -0.3 is 9.67 Å². The second kappa shape index (κ2) is 5.93. The zero-order valence-electron chi connectivity index (χ0n) is 11.5. The van der Waals surface area contributed by atoms with E-state index in [4.69, 9.17) is 0 Å². The fourth-order valence-electron chi connectivity index (χ4n) is 2.43. The molecule has 3 rings (SSSR count). The lowest BCUT2D eigenvalue weighted by molar-refractivity contribution is 0.195. The van der Waals surface area contributed by atoms with Crippen molar-refractivity contribution in [3.63, 3.8) is 0 Å². The molecule has 5 nitrogen and oxygen atoms in total. The van der Waals surface area contributed by atoms with Crippen LogP contribution in [0, 0.1) is 0 Å². The minimum atomic E-state index is -0.530. The Bertz CT molecular complexity index is 597. The summed E-state index contributed by atoms with van der Waals surface area (Å²) >= 11 is 1.49. The molecule has 0 aromatic carbocycles. The number of aliphatic hydroxyl groups excluding tert-OH is 1. The smallest absolute Gasteiger partial charge is 0.197 e. The van der Waals surface area contributed by atoms with Gasteiger partial charge in [-0.15, -0.1) is 10.2 Å². The summed E-state index contributed by atoms with van der Waals surface area (Å²) in [7, 11) is 0. The van der Waals surface area contributed by atoms with Crippen molar-refractivity contribution in [3.8, 4) is 0 Å². The Morgan fingerprint density at radius 1 is 1.30 bits per heavy atom. The van der Waals surface area contributed by atoms with Crippen LogP contribution < -0.4 is 0 Å². The Hall–Kier alpha value is -1.40. The van der Waals surface area contributed by atoms with E-state index in [0.717, 1.165) is 34.5 Å². The fourth-order valence-corrected chi connectivity index (χ4v) is 3.46. The van der Waals surface area contributed by atoms with Gasteiger partial charge in [0.25, 0.3) is 0 Å². The molecule has 0 amide bonds. The van der Waals surface area contributed by atoms with Crippen molar-refractivity contribution in [2.75, 3.05) is 0 Å². The number of aromatic nitrogens is 4. The first-order chi connectivity index (χ1) is 9.75. The highest BCUT2D eigenvalue weighted by molar-refractivity contribution is 7.99. The van der Waals surface area contributed by atoms with Crippen molar-refractivity contribution in [2.45, 2.75) is 55.4 Å². The molecule has 0 spiro atoms. The highest BCUT2D eigenvalue weighted by Gasteiger charge is 2.18. The molecule has 0 saturated heterocycles. The van der Waals surface area contributed by atoms with Crippen LogP contribution in [0.4, 0.5) is 0 Å². The van der Waals surface area contributed by atoms with Gasteiger partial charge in [0.2, 0.25) is 0 Å². The van der Waals surface area contributed by atoms with Gasteiger partial charge in [0.1, 0.15) is 10.9 Å². The van der Waals surface area contributed by atoms with Crippen LogP contribution in [0.5, 0.6) is 0 Å². The zero-order chi connectivity index (χ0) is 13.9. The molecule has 0 radical (unpaired) electrons. The Morgan fingerprint density at radius 3 is 3.05 bits per heavy atom. The average molecular weight is 290 g/mol. The van der Waals surface area contributed by atoms with Gasteiger partial charge in [-0.2, -0.15) is 0 Å². The van der Waals surface area contributed by atoms with Gasteiger partial charge in [-0.1, -0.05) is 12.5 Å². The van der Waals surface area contributed by atoms with Crippen molar-refractivity contribution in [3.05, 3.63) is 29.7 Å². The quantitative estimate of drug-likeness (QED) is 0.941. The maximum atomic E-state index is 9.82. The predicted molar refractivity (Wildman–Crippen MR) is 76.6 cm³/mol. The summed E-state index contributed by atoms with van der Waals surface area (Å²) in [5, 5.41) is 20.1. The number of aliphatic hydroxyl groups is 1. The van der Waals surface area contributed by atoms with Crippen LogP contribution in [-0.4, -0.2) is 24.9 Å². The molecule has 0 aliphatic carbocycles. The molecule has 106 valence electrons. The number of hydrogen-bond acceptors (Lipinski definition) is 5. The van der Waals surface area contributed by atoms with Crippen LogP contribution >= 0.6 is 11.8 Å². The van der Waals surface area contributed by atoms with Gasteiger partial charge in [0.15, 0.2) is 5.16 Å². The summed E-state index contributed by atoms with van der Waals surface area (Å²) in [6.45, 7) is 2.73. The van der Waals surface area contributed by atoms with Gasteiger partial charge in [-0.05, 0) is 37.6 Å². The van der Waals surface area contributed by atoms with E-state index >= 15 is 0 Å². The molecule has 3 heterocycles. The molecule has 1 aliphatic heterocycles. The predicted octanol–water partition coefficient (Wildman–Crippen LogP) is 2.60. The largest absolute Gasteiger partial charge is 0.389 e. The summed E-state index contributed by atoms with van der Waals surface area (Å²) < 4.78 is 2.19. The summed E-state index contributed by atoms with van der Waals surface area (Å²) in [6, 6.07) is 3.75. The molecule has 1 atom stereocenters. The van der Waals surface area contributed by atoms with E-state index < -0.39 is 6.10 Å². The standard InChI is InChI=1S/C14H18N4OS/c1-10(19)11-6-5-8-15-13(11)20-14-17-16-12-7-3-2-4-9-18(12)14/h5-6,8,10,19H,2-4,7,9H2,1H3/t10-/m0/s1. The SMILES string of the molecule is C[C@H](O)c1cccnc1Sc1nnc2n1CCCCC2. The van der Waals surface area contributed by atoms with E-state index in [9.17, 15) is 5.11 Å². The van der Waals surface area contributed by atoms with Crippen LogP contribution in [0.25, 0.3) is 0 Å². The van der Waals surface area contributed by atoms with Crippen molar-refractivity contribution >= 4 is 11.8 Å². The van der Waals surface area contributed by atoms with E-state index in [0.29, 0.717) is 0 Å². The van der Waals surface area contributed by atoms with E-state index in [1.807, 2.05) is 12.1 Å². The van der Waals surface area contributed by atoms with Gasteiger partial charge >= 0.3 is 0 Å². The molecular formula is C14H18N4OS. The zero-order valence-corrected chi connectivity index (χ0v) is 12.3. The molecule has 0 bridgehead atoms. The molecular weight excluding hydrogens is 272 g/mol. The fraction of sp³-hybridized carbons (Fsp3) is 0.500. The van der Waals surface area contributed by atoms with Gasteiger partial charge in [-0.25, -0.2) is 4.98 Å². The van der Waals surface area contributed by atoms with Gasteiger partial charge in [0.05, 0.1) is 6.10 Å². The third-order valence-electron chi connectivity index (χ3n) is 3.51. The third kappa shape index (κ3) is 2.71. The number of hydrogen-bond donors (Lipinski definition) is 1. The van der Waals surface area contributed by atoms with Crippen LogP contribution in [-0.2, 0) is 13.0 Å². The number of pyridine rings is 1. The summed E-state index contributed by atoms with van der Waals surface area (Å²) in [5.74, 6) is 1.07. The molecule has 0 saturated carbocycles. The first-order valence-corrected chi connectivity index (χ1v) is 7.80. The van der Waals surface area contributed by atoms with E-state index in [-0.39, 0.29) is 0 Å². The summed E-state index contributed by atoms with van der Waals surface area (Å²) in [6.07, 6.45) is 5.82. The van der Waals surface area contributed by atoms with Crippen molar-refractivity contribution in [1.29, 1.82) is 0 Å². The van der Waals surface area contributed by atoms with Crippen molar-refractivity contribution in [2.24, 2.45) is 0 Å². The summed E-state index contributed by atoms with van der Waals surface area (Å²) in [4.78, 5) is 4.37. The molecule has 6 heteroatoms. The van der Waals surface area contributed by atoms with Gasteiger partial charge in [0, 0.05) is 24.7 Å². The molecule has 1 N–H and O–H groups in total. The van der Waals surface area contributed by atoms with Crippen LogP contribution in [0.1, 0.15) is 43.7 Å². The van der Waals surface area contributed by atoms with Crippen molar-refractivity contribution in [1.82, 2.24) is 19.7 Å².